The Morgan fingerprint density at radius 1 is 0.692 bits per heavy atom. The van der Waals surface area contributed by atoms with Gasteiger partial charge >= 0.3 is 0 Å². The maximum atomic E-state index is 3.60. The van der Waals surface area contributed by atoms with Gasteiger partial charge in [0.05, 0.1) is 0 Å². The number of unbranched alkanes of at least 4 members (excludes halogenated alkanes) is 3. The molecule has 0 aromatic carbocycles. The molecule has 0 rings (SSSR count). The molecule has 0 unspecified atom stereocenters. The van der Waals surface area contributed by atoms with Crippen molar-refractivity contribution in [1.29, 1.82) is 0 Å². The van der Waals surface area contributed by atoms with E-state index in [0.717, 1.165) is 19.3 Å². The summed E-state index contributed by atoms with van der Waals surface area (Å²) in [5, 5.41) is 0. The minimum absolute atomic E-state index is 0. The molecule has 0 aliphatic rings. The zero-order valence-electron chi connectivity index (χ0n) is 9.86. The Balaban J connectivity index is -0.0000000270. The third-order valence-corrected chi connectivity index (χ3v) is 1.06. The van der Waals surface area contributed by atoms with E-state index < -0.39 is 0 Å². The van der Waals surface area contributed by atoms with Gasteiger partial charge in [0, 0.05) is 28.7 Å². The molecule has 0 amide bonds. The topological polar surface area (TPSA) is 0 Å². The van der Waals surface area contributed by atoms with Gasteiger partial charge in [0.2, 0.25) is 0 Å². The van der Waals surface area contributed by atoms with Gasteiger partial charge in [-0.2, -0.15) is 0 Å². The van der Waals surface area contributed by atoms with Gasteiger partial charge in [0.25, 0.3) is 0 Å². The molecule has 0 heterocycles. The molecule has 0 nitrogen and oxygen atoms in total. The van der Waals surface area contributed by atoms with Crippen LogP contribution in [0.15, 0.2) is 0 Å². The monoisotopic (exact) mass is 381 g/mol. The van der Waals surface area contributed by atoms with Crippen LogP contribution in [0.1, 0.15) is 60.7 Å². The van der Waals surface area contributed by atoms with E-state index in [1.165, 1.54) is 19.3 Å². The summed E-state index contributed by atoms with van der Waals surface area (Å²) < 4.78 is 0. The fourth-order valence-corrected chi connectivity index (χ4v) is 0. The molecule has 13 heavy (non-hydrogen) atoms. The number of rotatable bonds is 3. The largest absolute Gasteiger partial charge is 0.0654 e. The van der Waals surface area contributed by atoms with Gasteiger partial charge in [-0.1, -0.05) is 80.1 Å². The first kappa shape index (κ1) is 23.6. The molecule has 0 saturated heterocycles. The van der Waals surface area contributed by atoms with Crippen LogP contribution in [0.3, 0.4) is 0 Å². The Hall–Kier alpha value is 0.922. The summed E-state index contributed by atoms with van der Waals surface area (Å²) in [6.45, 7) is 17.2. The fourth-order valence-electron chi connectivity index (χ4n) is 0. The van der Waals surface area contributed by atoms with Crippen molar-refractivity contribution in [2.45, 2.75) is 59.3 Å². The van der Waals surface area contributed by atoms with Crippen molar-refractivity contribution in [3.63, 3.8) is 0 Å². The van der Waals surface area contributed by atoms with Gasteiger partial charge in [0.15, 0.2) is 0 Å². The molecule has 0 saturated carbocycles. The van der Waals surface area contributed by atoms with Crippen LogP contribution in [0.5, 0.6) is 0 Å². The number of hydrogen-bond acceptors (Lipinski definition) is 0. The van der Waals surface area contributed by atoms with Gasteiger partial charge < -0.3 is 0 Å². The Morgan fingerprint density at radius 3 is 0.769 bits per heavy atom. The van der Waals surface area contributed by atoms with Gasteiger partial charge in [-0.15, -0.1) is 0 Å². The molecule has 0 bridgehead atoms. The van der Waals surface area contributed by atoms with E-state index >= 15 is 0 Å². The predicted octanol–water partition coefficient (Wildman–Crippen LogP) is 4.73. The smallest absolute Gasteiger partial charge is 0 e. The van der Waals surface area contributed by atoms with Gasteiger partial charge in [-0.05, 0) is 0 Å². The Morgan fingerprint density at radius 2 is 0.769 bits per heavy atom. The van der Waals surface area contributed by atoms with E-state index in [1.54, 1.807) is 0 Å². The molecular weight excluding hydrogens is 351 g/mol. The van der Waals surface area contributed by atoms with Crippen LogP contribution >= 0.6 is 0 Å². The molecule has 0 aromatic heterocycles. The Kier molecular flexibility index (Phi) is 69.6. The maximum Gasteiger partial charge on any atom is 0 e. The third-order valence-electron chi connectivity index (χ3n) is 1.06. The van der Waals surface area contributed by atoms with Gasteiger partial charge in [-0.3, -0.25) is 0 Å². The van der Waals surface area contributed by atoms with Crippen LogP contribution in [0, 0.1) is 20.8 Å². The third kappa shape index (κ3) is 100. The zero-order chi connectivity index (χ0) is 10.2. The summed E-state index contributed by atoms with van der Waals surface area (Å²) in [7, 11) is 0. The van der Waals surface area contributed by atoms with E-state index in [1.807, 2.05) is 0 Å². The molecule has 0 spiro atoms. The summed E-state index contributed by atoms with van der Waals surface area (Å²) in [6.07, 6.45) is 6.83. The predicted molar refractivity (Wildman–Crippen MR) is 68.7 cm³/mol. The van der Waals surface area contributed by atoms with Crippen molar-refractivity contribution in [3.8, 4) is 0 Å². The first-order valence-electron chi connectivity index (χ1n) is 5.12. The van der Waals surface area contributed by atoms with E-state index in [2.05, 4.69) is 41.5 Å². The van der Waals surface area contributed by atoms with Crippen LogP contribution < -0.4 is 0 Å². The molecular formula is C12H29Pb. The molecule has 0 aliphatic heterocycles. The Labute approximate surface area is 109 Å². The quantitative estimate of drug-likeness (QED) is 0.621. The molecule has 0 N–H and O–H groups in total. The van der Waals surface area contributed by atoms with E-state index in [4.69, 9.17) is 0 Å². The second kappa shape index (κ2) is 38.3. The van der Waals surface area contributed by atoms with Crippen molar-refractivity contribution in [1.82, 2.24) is 0 Å². The van der Waals surface area contributed by atoms with E-state index in [-0.39, 0.29) is 28.7 Å². The van der Waals surface area contributed by atoms with Crippen LogP contribution in [-0.4, -0.2) is 27.3 Å². The van der Waals surface area contributed by atoms with Gasteiger partial charge in [0.1, 0.15) is 0 Å². The van der Waals surface area contributed by atoms with E-state index in [0.29, 0.717) is 0 Å². The second-order valence-corrected chi connectivity index (χ2v) is 2.56. The zero-order valence-corrected chi connectivity index (χ0v) is 13.8. The molecule has 0 atom stereocenters. The maximum absolute atomic E-state index is 3.60. The molecule has 7 radical (unpaired) electrons. The standard InChI is InChI=1S/3C4H9.Pb.H2/c3*1-3-4-2;;/h3*1,3-4H2,2H3;;1H. The summed E-state index contributed by atoms with van der Waals surface area (Å²) in [6, 6.07) is 0. The van der Waals surface area contributed by atoms with Crippen LogP contribution in [0.2, 0.25) is 0 Å². The molecule has 81 valence electrons. The summed E-state index contributed by atoms with van der Waals surface area (Å²) in [4.78, 5) is 0. The van der Waals surface area contributed by atoms with Crippen LogP contribution in [0.25, 0.3) is 0 Å². The summed E-state index contributed by atoms with van der Waals surface area (Å²) in [5.41, 5.74) is 0. The van der Waals surface area contributed by atoms with Crippen molar-refractivity contribution in [3.05, 3.63) is 20.8 Å². The first-order chi connectivity index (χ1) is 5.74. The average Bonchev–Trinajstić information content (AvgIpc) is 2.18. The molecule has 1 heteroatoms. The van der Waals surface area contributed by atoms with Crippen molar-refractivity contribution < 1.29 is 1.43 Å². The van der Waals surface area contributed by atoms with Crippen molar-refractivity contribution in [2.24, 2.45) is 0 Å². The minimum Gasteiger partial charge on any atom is -0.0654 e. The average molecular weight is 381 g/mol. The molecule has 0 aliphatic carbocycles. The van der Waals surface area contributed by atoms with Crippen LogP contribution in [0.4, 0.5) is 0 Å². The first-order valence-corrected chi connectivity index (χ1v) is 5.12. The van der Waals surface area contributed by atoms with Crippen LogP contribution in [-0.2, 0) is 0 Å². The SMILES string of the molecule is [CH2]CCC.[CH2]CCC.[CH2]CCC.[HH].[Pb]. The van der Waals surface area contributed by atoms with Crippen molar-refractivity contribution in [2.75, 3.05) is 0 Å². The minimum atomic E-state index is 0. The van der Waals surface area contributed by atoms with Crippen molar-refractivity contribution >= 4 is 27.3 Å². The Bertz CT molecular complexity index is 25.8. The normalized spacial score (nSPS) is 6.92. The molecule has 0 fully saturated rings. The summed E-state index contributed by atoms with van der Waals surface area (Å²) in [5.74, 6) is 0. The second-order valence-electron chi connectivity index (χ2n) is 2.56. The van der Waals surface area contributed by atoms with E-state index in [9.17, 15) is 0 Å². The summed E-state index contributed by atoms with van der Waals surface area (Å²) >= 11 is 0. The fraction of sp³-hybridized carbons (Fsp3) is 0.750. The number of hydrogen-bond donors (Lipinski definition) is 0. The van der Waals surface area contributed by atoms with Gasteiger partial charge in [-0.25, -0.2) is 0 Å². The molecule has 0 aromatic rings.